The van der Waals surface area contributed by atoms with E-state index in [0.29, 0.717) is 43.2 Å². The lowest BCUT2D eigenvalue weighted by atomic mass is 10.2. The van der Waals surface area contributed by atoms with E-state index in [4.69, 9.17) is 16.0 Å². The van der Waals surface area contributed by atoms with Crippen LogP contribution in [-0.4, -0.2) is 29.3 Å². The predicted molar refractivity (Wildman–Crippen MR) is 123 cm³/mol. The molecule has 4 aromatic rings. The summed E-state index contributed by atoms with van der Waals surface area (Å²) in [7, 11) is 0. The van der Waals surface area contributed by atoms with Gasteiger partial charge in [-0.3, -0.25) is 13.9 Å². The lowest BCUT2D eigenvalue weighted by Gasteiger charge is -2.11. The summed E-state index contributed by atoms with van der Waals surface area (Å²) in [6.45, 7) is 0.753. The molecule has 9 nitrogen and oxygen atoms in total. The van der Waals surface area contributed by atoms with Crippen molar-refractivity contribution in [2.45, 2.75) is 58.0 Å². The number of nitrogens with one attached hydrogen (secondary N) is 1. The number of imidazole rings is 1. The third-order valence-electron chi connectivity index (χ3n) is 6.00. The maximum absolute atomic E-state index is 13.1. The molecule has 172 valence electrons. The van der Waals surface area contributed by atoms with Gasteiger partial charge in [0.15, 0.2) is 11.2 Å². The van der Waals surface area contributed by atoms with Crippen LogP contribution >= 0.6 is 11.6 Å². The number of hydrogen-bond acceptors (Lipinski definition) is 6. The van der Waals surface area contributed by atoms with Gasteiger partial charge in [-0.05, 0) is 42.3 Å². The highest BCUT2D eigenvalue weighted by Crippen LogP contribution is 2.33. The zero-order valence-corrected chi connectivity index (χ0v) is 18.9. The van der Waals surface area contributed by atoms with Crippen LogP contribution in [0.15, 0.2) is 44.3 Å². The molecular weight excluding hydrogens is 444 g/mol. The van der Waals surface area contributed by atoms with Crippen molar-refractivity contribution in [3.8, 4) is 0 Å². The highest BCUT2D eigenvalue weighted by molar-refractivity contribution is 6.28. The highest BCUT2D eigenvalue weighted by atomic mass is 35.5. The van der Waals surface area contributed by atoms with Gasteiger partial charge < -0.3 is 9.40 Å². The average molecular weight is 469 g/mol. The van der Waals surface area contributed by atoms with Crippen LogP contribution in [0.5, 0.6) is 0 Å². The molecule has 0 bridgehead atoms. The van der Waals surface area contributed by atoms with Gasteiger partial charge in [0, 0.05) is 19.5 Å². The second kappa shape index (κ2) is 9.35. The van der Waals surface area contributed by atoms with Crippen molar-refractivity contribution in [2.75, 3.05) is 0 Å². The fourth-order valence-electron chi connectivity index (χ4n) is 4.10. The van der Waals surface area contributed by atoms with E-state index in [2.05, 4.69) is 20.2 Å². The predicted octanol–water partition coefficient (Wildman–Crippen LogP) is 3.34. The van der Waals surface area contributed by atoms with Crippen molar-refractivity contribution >= 4 is 22.8 Å². The Kier molecular flexibility index (Phi) is 6.13. The minimum absolute atomic E-state index is 0.104. The molecular formula is C23H25ClN6O3. The van der Waals surface area contributed by atoms with Crippen molar-refractivity contribution in [3.05, 3.63) is 73.8 Å². The van der Waals surface area contributed by atoms with E-state index in [1.165, 1.54) is 17.4 Å². The van der Waals surface area contributed by atoms with Gasteiger partial charge in [0.25, 0.3) is 5.56 Å². The normalized spacial score (nSPS) is 13.7. The smallest absolute Gasteiger partial charge is 0.332 e. The van der Waals surface area contributed by atoms with Crippen molar-refractivity contribution in [1.82, 2.24) is 29.3 Å². The summed E-state index contributed by atoms with van der Waals surface area (Å²) in [4.78, 5) is 33.0. The van der Waals surface area contributed by atoms with Gasteiger partial charge in [-0.25, -0.2) is 4.79 Å². The first kappa shape index (κ1) is 21.6. The van der Waals surface area contributed by atoms with E-state index >= 15 is 0 Å². The van der Waals surface area contributed by atoms with Crippen LogP contribution in [0.25, 0.3) is 11.2 Å². The summed E-state index contributed by atoms with van der Waals surface area (Å²) in [5.41, 5.74) is 0.899. The number of hydrogen-bond donors (Lipinski definition) is 1. The molecule has 1 aliphatic rings. The van der Waals surface area contributed by atoms with Crippen LogP contribution in [0.3, 0.4) is 0 Å². The molecule has 33 heavy (non-hydrogen) atoms. The van der Waals surface area contributed by atoms with E-state index in [0.717, 1.165) is 24.3 Å². The fraction of sp³-hybridized carbons (Fsp3) is 0.435. The highest BCUT2D eigenvalue weighted by Gasteiger charge is 2.22. The summed E-state index contributed by atoms with van der Waals surface area (Å²) in [5, 5.41) is 8.31. The van der Waals surface area contributed by atoms with E-state index in [1.54, 1.807) is 4.57 Å². The summed E-state index contributed by atoms with van der Waals surface area (Å²) >= 11 is 6.01. The minimum Gasteiger partial charge on any atom is -0.425 e. The van der Waals surface area contributed by atoms with Gasteiger partial charge >= 0.3 is 5.69 Å². The minimum atomic E-state index is -0.414. The number of fused-ring (bicyclic) bond motifs is 1. The lowest BCUT2D eigenvalue weighted by molar-refractivity contribution is 0.440. The Morgan fingerprint density at radius 3 is 2.58 bits per heavy atom. The molecule has 1 aromatic carbocycles. The number of rotatable bonds is 10. The molecule has 1 fully saturated rings. The number of benzene rings is 1. The SMILES string of the molecule is O=c1c2[nH]c(Cl)nc2n(CCCC2CC2)c(=O)n1CCCc1nnc(Cc2ccccc2)o1. The summed E-state index contributed by atoms with van der Waals surface area (Å²) in [6, 6.07) is 9.90. The first-order chi connectivity index (χ1) is 16.1. The Labute approximate surface area is 194 Å². The molecule has 0 spiro atoms. The Bertz CT molecular complexity index is 1370. The second-order valence-electron chi connectivity index (χ2n) is 8.56. The molecule has 0 saturated heterocycles. The van der Waals surface area contributed by atoms with Crippen LogP contribution in [0, 0.1) is 5.92 Å². The van der Waals surface area contributed by atoms with Gasteiger partial charge in [0.2, 0.25) is 17.1 Å². The van der Waals surface area contributed by atoms with Crippen LogP contribution in [0.1, 0.15) is 49.4 Å². The zero-order chi connectivity index (χ0) is 22.8. The number of H-pyrrole nitrogens is 1. The summed E-state index contributed by atoms with van der Waals surface area (Å²) in [6.07, 6.45) is 6.02. The molecule has 10 heteroatoms. The summed E-state index contributed by atoms with van der Waals surface area (Å²) in [5.74, 6) is 1.80. The van der Waals surface area contributed by atoms with Crippen molar-refractivity contribution < 1.29 is 4.42 Å². The third-order valence-corrected chi connectivity index (χ3v) is 6.18. The lowest BCUT2D eigenvalue weighted by Crippen LogP contribution is -2.40. The Hall–Kier alpha value is -3.20. The van der Waals surface area contributed by atoms with E-state index in [9.17, 15) is 9.59 Å². The molecule has 1 saturated carbocycles. The van der Waals surface area contributed by atoms with Gasteiger partial charge in [-0.15, -0.1) is 10.2 Å². The second-order valence-corrected chi connectivity index (χ2v) is 8.92. The van der Waals surface area contributed by atoms with Crippen molar-refractivity contribution in [3.63, 3.8) is 0 Å². The first-order valence-electron chi connectivity index (χ1n) is 11.3. The third kappa shape index (κ3) is 4.93. The van der Waals surface area contributed by atoms with Crippen LogP contribution in [0.4, 0.5) is 0 Å². The Morgan fingerprint density at radius 2 is 1.79 bits per heavy atom. The Morgan fingerprint density at radius 1 is 1.03 bits per heavy atom. The van der Waals surface area contributed by atoms with E-state index in [-0.39, 0.29) is 23.0 Å². The molecule has 0 radical (unpaired) electrons. The molecule has 3 aromatic heterocycles. The number of halogens is 1. The van der Waals surface area contributed by atoms with Gasteiger partial charge in [-0.1, -0.05) is 43.2 Å². The Balaban J connectivity index is 1.29. The van der Waals surface area contributed by atoms with Crippen molar-refractivity contribution in [2.24, 2.45) is 5.92 Å². The average Bonchev–Trinajstić information content (AvgIpc) is 3.39. The van der Waals surface area contributed by atoms with E-state index < -0.39 is 5.56 Å². The number of aromatic amines is 1. The quantitative estimate of drug-likeness (QED) is 0.357. The van der Waals surface area contributed by atoms with Crippen LogP contribution in [-0.2, 0) is 25.9 Å². The maximum atomic E-state index is 13.1. The molecule has 0 aliphatic heterocycles. The largest absolute Gasteiger partial charge is 0.425 e. The van der Waals surface area contributed by atoms with Gasteiger partial charge in [0.05, 0.1) is 6.42 Å². The molecule has 0 atom stereocenters. The number of aromatic nitrogens is 6. The molecule has 0 unspecified atom stereocenters. The maximum Gasteiger partial charge on any atom is 0.332 e. The summed E-state index contributed by atoms with van der Waals surface area (Å²) < 4.78 is 8.55. The fourth-order valence-corrected chi connectivity index (χ4v) is 4.28. The van der Waals surface area contributed by atoms with E-state index in [1.807, 2.05) is 30.3 Å². The molecule has 1 N–H and O–H groups in total. The number of aryl methyl sites for hydroxylation is 2. The number of nitrogens with zero attached hydrogens (tertiary/aromatic N) is 5. The van der Waals surface area contributed by atoms with Gasteiger partial charge in [0.1, 0.15) is 0 Å². The molecule has 1 aliphatic carbocycles. The van der Waals surface area contributed by atoms with Crippen LogP contribution in [0.2, 0.25) is 5.28 Å². The first-order valence-corrected chi connectivity index (χ1v) is 11.7. The van der Waals surface area contributed by atoms with Gasteiger partial charge in [-0.2, -0.15) is 4.98 Å². The zero-order valence-electron chi connectivity index (χ0n) is 18.2. The topological polar surface area (TPSA) is 112 Å². The molecule has 3 heterocycles. The monoisotopic (exact) mass is 468 g/mol. The van der Waals surface area contributed by atoms with Crippen LogP contribution < -0.4 is 11.2 Å². The van der Waals surface area contributed by atoms with Crippen molar-refractivity contribution in [1.29, 1.82) is 0 Å². The molecule has 0 amide bonds. The standard InChI is InChI=1S/C23H25ClN6O3/c24-22-25-19-20(26-22)29(12-4-8-15-10-11-15)23(32)30(21(19)31)13-5-9-17-27-28-18(33-17)14-16-6-2-1-3-7-16/h1-3,6-7,15H,4-5,8-14H2,(H,25,26). The molecule has 5 rings (SSSR count).